The Bertz CT molecular complexity index is 1250. The number of likely N-dealkylation sites (tertiary alicyclic amines) is 1. The first-order valence-electron chi connectivity index (χ1n) is 12.8. The van der Waals surface area contributed by atoms with Crippen molar-refractivity contribution in [1.29, 1.82) is 0 Å². The SMILES string of the molecule is CCN(CC)CCN1C(=O)C(=O)/C(=C(/O)c2ccc(OCc3ccccc3)cc2)C1c1ccc(C)cc1. The molecule has 3 aromatic rings. The van der Waals surface area contributed by atoms with Gasteiger partial charge in [0, 0.05) is 18.7 Å². The molecule has 6 heteroatoms. The van der Waals surface area contributed by atoms with E-state index in [1.807, 2.05) is 61.5 Å². The quantitative estimate of drug-likeness (QED) is 0.232. The van der Waals surface area contributed by atoms with Crippen molar-refractivity contribution in [3.63, 3.8) is 0 Å². The van der Waals surface area contributed by atoms with Crippen LogP contribution in [-0.2, 0) is 16.2 Å². The Labute approximate surface area is 218 Å². The maximum Gasteiger partial charge on any atom is 0.295 e. The fourth-order valence-corrected chi connectivity index (χ4v) is 4.60. The molecule has 1 unspecified atom stereocenters. The second-order valence-electron chi connectivity index (χ2n) is 9.23. The number of likely N-dealkylation sites (N-methyl/N-ethyl adjacent to an activating group) is 1. The minimum atomic E-state index is -0.660. The molecule has 0 radical (unpaired) electrons. The molecule has 0 spiro atoms. The van der Waals surface area contributed by atoms with Gasteiger partial charge >= 0.3 is 0 Å². The first-order valence-corrected chi connectivity index (χ1v) is 12.8. The molecule has 1 saturated heterocycles. The van der Waals surface area contributed by atoms with E-state index in [1.54, 1.807) is 29.2 Å². The van der Waals surface area contributed by atoms with Crippen LogP contribution in [0.3, 0.4) is 0 Å². The summed E-state index contributed by atoms with van der Waals surface area (Å²) in [5.41, 5.74) is 3.51. The van der Waals surface area contributed by atoms with Crippen molar-refractivity contribution < 1.29 is 19.4 Å². The van der Waals surface area contributed by atoms with Crippen LogP contribution in [0.25, 0.3) is 5.76 Å². The molecule has 0 aliphatic carbocycles. The zero-order chi connectivity index (χ0) is 26.4. The molecule has 1 heterocycles. The molecule has 1 atom stereocenters. The lowest BCUT2D eigenvalue weighted by Gasteiger charge is -2.28. The Kier molecular flexibility index (Phi) is 8.41. The topological polar surface area (TPSA) is 70.1 Å². The minimum Gasteiger partial charge on any atom is -0.507 e. The van der Waals surface area contributed by atoms with Crippen LogP contribution in [0.15, 0.2) is 84.4 Å². The highest BCUT2D eigenvalue weighted by Crippen LogP contribution is 2.39. The number of amides is 1. The van der Waals surface area contributed by atoms with E-state index in [0.29, 0.717) is 31.0 Å². The number of ketones is 1. The number of hydrogen-bond acceptors (Lipinski definition) is 5. The van der Waals surface area contributed by atoms with E-state index in [-0.39, 0.29) is 11.3 Å². The lowest BCUT2D eigenvalue weighted by atomic mass is 9.94. The molecule has 0 bridgehead atoms. The lowest BCUT2D eigenvalue weighted by Crippen LogP contribution is -2.38. The summed E-state index contributed by atoms with van der Waals surface area (Å²) in [5.74, 6) is -0.770. The molecule has 1 aliphatic heterocycles. The average Bonchev–Trinajstić information content (AvgIpc) is 3.18. The van der Waals surface area contributed by atoms with Crippen LogP contribution in [0.2, 0.25) is 0 Å². The number of ether oxygens (including phenoxy) is 1. The molecule has 1 N–H and O–H groups in total. The van der Waals surface area contributed by atoms with Crippen molar-refractivity contribution in [2.75, 3.05) is 26.2 Å². The van der Waals surface area contributed by atoms with Crippen LogP contribution in [0.1, 0.15) is 42.1 Å². The highest BCUT2D eigenvalue weighted by Gasteiger charge is 2.45. The molecular formula is C31H34N2O4. The lowest BCUT2D eigenvalue weighted by molar-refractivity contribution is -0.140. The third-order valence-corrected chi connectivity index (χ3v) is 6.86. The monoisotopic (exact) mass is 498 g/mol. The average molecular weight is 499 g/mol. The number of aliphatic hydroxyl groups excluding tert-OH is 1. The second-order valence-corrected chi connectivity index (χ2v) is 9.23. The van der Waals surface area contributed by atoms with Gasteiger partial charge in [-0.15, -0.1) is 0 Å². The summed E-state index contributed by atoms with van der Waals surface area (Å²) < 4.78 is 5.85. The number of rotatable bonds is 10. The maximum atomic E-state index is 13.2. The molecule has 1 amide bonds. The van der Waals surface area contributed by atoms with Gasteiger partial charge in [-0.25, -0.2) is 0 Å². The number of carbonyl (C=O) groups is 2. The number of hydrogen-bond donors (Lipinski definition) is 1. The summed E-state index contributed by atoms with van der Waals surface area (Å²) in [7, 11) is 0. The number of aryl methyl sites for hydroxylation is 1. The zero-order valence-electron chi connectivity index (χ0n) is 21.7. The highest BCUT2D eigenvalue weighted by atomic mass is 16.5. The van der Waals surface area contributed by atoms with Crippen LogP contribution < -0.4 is 4.74 Å². The van der Waals surface area contributed by atoms with Crippen molar-refractivity contribution >= 4 is 17.4 Å². The van der Waals surface area contributed by atoms with Gasteiger partial charge in [0.2, 0.25) is 0 Å². The molecule has 0 saturated carbocycles. The van der Waals surface area contributed by atoms with Gasteiger partial charge in [0.25, 0.3) is 11.7 Å². The van der Waals surface area contributed by atoms with E-state index in [1.165, 1.54) is 0 Å². The van der Waals surface area contributed by atoms with Crippen LogP contribution in [0.4, 0.5) is 0 Å². The van der Waals surface area contributed by atoms with Crippen molar-refractivity contribution in [2.45, 2.75) is 33.4 Å². The fraction of sp³-hybridized carbons (Fsp3) is 0.290. The van der Waals surface area contributed by atoms with E-state index in [4.69, 9.17) is 4.74 Å². The van der Waals surface area contributed by atoms with Gasteiger partial charge < -0.3 is 19.6 Å². The third kappa shape index (κ3) is 5.92. The number of nitrogens with zero attached hydrogens (tertiary/aromatic N) is 2. The number of benzene rings is 3. The number of aliphatic hydroxyl groups is 1. The van der Waals surface area contributed by atoms with E-state index in [9.17, 15) is 14.7 Å². The van der Waals surface area contributed by atoms with Crippen LogP contribution in [-0.4, -0.2) is 52.8 Å². The van der Waals surface area contributed by atoms with Crippen LogP contribution in [0, 0.1) is 6.92 Å². The Hall–Kier alpha value is -3.90. The number of carbonyl (C=O) groups excluding carboxylic acids is 2. The fourth-order valence-electron chi connectivity index (χ4n) is 4.60. The first kappa shape index (κ1) is 26.2. The summed E-state index contributed by atoms with van der Waals surface area (Å²) in [6, 6.07) is 23.9. The molecule has 4 rings (SSSR count). The van der Waals surface area contributed by atoms with Gasteiger partial charge in [-0.05, 0) is 55.4 Å². The van der Waals surface area contributed by atoms with Gasteiger partial charge in [-0.3, -0.25) is 9.59 Å². The second kappa shape index (κ2) is 11.9. The Balaban J connectivity index is 1.64. The standard InChI is InChI=1S/C31H34N2O4/c1-4-32(5-2)19-20-33-28(24-13-11-22(3)12-14-24)27(30(35)31(33)36)29(34)25-15-17-26(18-16-25)37-21-23-9-7-6-8-10-23/h6-18,28,34H,4-5,19-21H2,1-3H3/b29-27+. The molecule has 37 heavy (non-hydrogen) atoms. The van der Waals surface area contributed by atoms with Gasteiger partial charge in [-0.2, -0.15) is 0 Å². The largest absolute Gasteiger partial charge is 0.507 e. The molecular weight excluding hydrogens is 464 g/mol. The smallest absolute Gasteiger partial charge is 0.295 e. The van der Waals surface area contributed by atoms with Crippen LogP contribution in [0.5, 0.6) is 5.75 Å². The van der Waals surface area contributed by atoms with Gasteiger partial charge in [-0.1, -0.05) is 74.0 Å². The molecule has 3 aromatic carbocycles. The minimum absolute atomic E-state index is 0.117. The van der Waals surface area contributed by atoms with Crippen molar-refractivity contribution in [2.24, 2.45) is 0 Å². The summed E-state index contributed by atoms with van der Waals surface area (Å²) >= 11 is 0. The van der Waals surface area contributed by atoms with E-state index >= 15 is 0 Å². The zero-order valence-corrected chi connectivity index (χ0v) is 21.7. The third-order valence-electron chi connectivity index (χ3n) is 6.86. The maximum absolute atomic E-state index is 13.2. The number of Topliss-reactive ketones (excluding diaryl/α,β-unsaturated/α-hetero) is 1. The summed E-state index contributed by atoms with van der Waals surface area (Å²) in [6.45, 7) is 9.32. The molecule has 0 aromatic heterocycles. The van der Waals surface area contributed by atoms with E-state index < -0.39 is 17.7 Å². The van der Waals surface area contributed by atoms with E-state index in [0.717, 1.165) is 29.8 Å². The predicted molar refractivity (Wildman–Crippen MR) is 145 cm³/mol. The Morgan fingerprint density at radius 3 is 2.19 bits per heavy atom. The van der Waals surface area contributed by atoms with E-state index in [2.05, 4.69) is 18.7 Å². The van der Waals surface area contributed by atoms with Crippen molar-refractivity contribution in [1.82, 2.24) is 9.80 Å². The van der Waals surface area contributed by atoms with Crippen molar-refractivity contribution in [3.05, 3.63) is 107 Å². The Morgan fingerprint density at radius 1 is 0.919 bits per heavy atom. The first-order chi connectivity index (χ1) is 17.9. The summed E-state index contributed by atoms with van der Waals surface area (Å²) in [4.78, 5) is 30.2. The van der Waals surface area contributed by atoms with Gasteiger partial charge in [0.15, 0.2) is 0 Å². The van der Waals surface area contributed by atoms with Crippen molar-refractivity contribution in [3.8, 4) is 5.75 Å². The summed E-state index contributed by atoms with van der Waals surface area (Å²) in [6.07, 6.45) is 0. The molecule has 192 valence electrons. The molecule has 6 nitrogen and oxygen atoms in total. The predicted octanol–water partition coefficient (Wildman–Crippen LogP) is 5.34. The summed E-state index contributed by atoms with van der Waals surface area (Å²) in [5, 5.41) is 11.3. The van der Waals surface area contributed by atoms with Crippen LogP contribution >= 0.6 is 0 Å². The Morgan fingerprint density at radius 2 is 1.57 bits per heavy atom. The normalized spacial score (nSPS) is 17.0. The van der Waals surface area contributed by atoms with Gasteiger partial charge in [0.05, 0.1) is 11.6 Å². The molecule has 1 fully saturated rings. The molecule has 1 aliphatic rings. The van der Waals surface area contributed by atoms with Gasteiger partial charge in [0.1, 0.15) is 18.1 Å². The highest BCUT2D eigenvalue weighted by molar-refractivity contribution is 6.46.